The molecule has 1 fully saturated rings. The standard InChI is InChI=1S/C15H16BrN3/c16-14-10-18-19(15(14)12-5-6-12)13-7-3-11(4-8-13)2-1-9-17/h1-4,7-8,10,12H,5-6,9,17H2/b2-1+. The van der Waals surface area contributed by atoms with Crippen LogP contribution < -0.4 is 5.73 Å². The second-order valence-electron chi connectivity index (χ2n) is 4.79. The van der Waals surface area contributed by atoms with Crippen LogP contribution in [0.25, 0.3) is 11.8 Å². The summed E-state index contributed by atoms with van der Waals surface area (Å²) >= 11 is 3.60. The van der Waals surface area contributed by atoms with Gasteiger partial charge in [-0.2, -0.15) is 5.10 Å². The number of rotatable bonds is 4. The maximum atomic E-state index is 5.45. The first kappa shape index (κ1) is 12.6. The number of nitrogens with two attached hydrogens (primary N) is 1. The number of hydrogen-bond acceptors (Lipinski definition) is 2. The van der Waals surface area contributed by atoms with E-state index in [1.807, 2.05) is 23.0 Å². The van der Waals surface area contributed by atoms with Gasteiger partial charge in [-0.25, -0.2) is 4.68 Å². The Kier molecular flexibility index (Phi) is 3.53. The predicted molar refractivity (Wildman–Crippen MR) is 81.3 cm³/mol. The van der Waals surface area contributed by atoms with E-state index in [2.05, 4.69) is 45.3 Å². The van der Waals surface area contributed by atoms with Gasteiger partial charge in [0.05, 0.1) is 22.1 Å². The Morgan fingerprint density at radius 1 is 1.32 bits per heavy atom. The normalized spacial score (nSPS) is 15.3. The fraction of sp³-hybridized carbons (Fsp3) is 0.267. The monoisotopic (exact) mass is 317 g/mol. The molecule has 1 aliphatic rings. The average molecular weight is 318 g/mol. The zero-order valence-corrected chi connectivity index (χ0v) is 12.2. The van der Waals surface area contributed by atoms with Crippen LogP contribution >= 0.6 is 15.9 Å². The van der Waals surface area contributed by atoms with Gasteiger partial charge in [0.25, 0.3) is 0 Å². The highest BCUT2D eigenvalue weighted by atomic mass is 79.9. The Bertz CT molecular complexity index is 594. The van der Waals surface area contributed by atoms with Gasteiger partial charge in [0.1, 0.15) is 0 Å². The van der Waals surface area contributed by atoms with E-state index in [1.165, 1.54) is 18.5 Å². The lowest BCUT2D eigenvalue weighted by Crippen LogP contribution is -2.01. The number of benzene rings is 1. The second kappa shape index (κ2) is 5.31. The van der Waals surface area contributed by atoms with Crippen LogP contribution in [0.15, 0.2) is 41.0 Å². The molecule has 0 aliphatic heterocycles. The Morgan fingerprint density at radius 3 is 2.68 bits per heavy atom. The summed E-state index contributed by atoms with van der Waals surface area (Å²) in [5.41, 5.74) is 9.02. The van der Waals surface area contributed by atoms with E-state index in [9.17, 15) is 0 Å². The average Bonchev–Trinajstić information content (AvgIpc) is 3.20. The summed E-state index contributed by atoms with van der Waals surface area (Å²) in [6.07, 6.45) is 8.40. The van der Waals surface area contributed by atoms with E-state index >= 15 is 0 Å². The maximum absolute atomic E-state index is 5.45. The molecule has 0 unspecified atom stereocenters. The van der Waals surface area contributed by atoms with Gasteiger partial charge < -0.3 is 5.73 Å². The third-order valence-electron chi connectivity index (χ3n) is 3.31. The first-order chi connectivity index (χ1) is 9.29. The third kappa shape index (κ3) is 2.65. The number of halogens is 1. The van der Waals surface area contributed by atoms with Crippen molar-refractivity contribution in [3.63, 3.8) is 0 Å². The van der Waals surface area contributed by atoms with Gasteiger partial charge >= 0.3 is 0 Å². The molecule has 1 heterocycles. The molecular formula is C15H16BrN3. The topological polar surface area (TPSA) is 43.8 Å². The van der Waals surface area contributed by atoms with Crippen LogP contribution in [0.3, 0.4) is 0 Å². The number of hydrogen-bond donors (Lipinski definition) is 1. The summed E-state index contributed by atoms with van der Waals surface area (Å²) in [5, 5.41) is 4.47. The Labute approximate surface area is 121 Å². The Hall–Kier alpha value is -1.39. The first-order valence-electron chi connectivity index (χ1n) is 6.50. The quantitative estimate of drug-likeness (QED) is 0.938. The van der Waals surface area contributed by atoms with Crippen LogP contribution in [0.1, 0.15) is 30.0 Å². The SMILES string of the molecule is NC/C=C/c1ccc(-n2ncc(Br)c2C2CC2)cc1. The summed E-state index contributed by atoms with van der Waals surface area (Å²) in [4.78, 5) is 0. The van der Waals surface area contributed by atoms with Crippen LogP contribution in [0.2, 0.25) is 0 Å². The molecule has 3 rings (SSSR count). The molecule has 4 heteroatoms. The van der Waals surface area contributed by atoms with Crippen molar-refractivity contribution in [1.29, 1.82) is 0 Å². The van der Waals surface area contributed by atoms with Crippen molar-refractivity contribution in [2.24, 2.45) is 5.73 Å². The van der Waals surface area contributed by atoms with Crippen molar-refractivity contribution < 1.29 is 0 Å². The fourth-order valence-corrected chi connectivity index (χ4v) is 2.78. The Balaban J connectivity index is 1.92. The summed E-state index contributed by atoms with van der Waals surface area (Å²) < 4.78 is 3.15. The number of nitrogens with zero attached hydrogens (tertiary/aromatic N) is 2. The highest BCUT2D eigenvalue weighted by Crippen LogP contribution is 2.43. The van der Waals surface area contributed by atoms with E-state index in [0.29, 0.717) is 12.5 Å². The molecule has 0 bridgehead atoms. The van der Waals surface area contributed by atoms with Gasteiger partial charge in [-0.05, 0) is 46.5 Å². The lowest BCUT2D eigenvalue weighted by atomic mass is 10.2. The van der Waals surface area contributed by atoms with Gasteiger partial charge in [0.2, 0.25) is 0 Å². The minimum atomic E-state index is 0.569. The van der Waals surface area contributed by atoms with Crippen molar-refractivity contribution >= 4 is 22.0 Å². The zero-order chi connectivity index (χ0) is 13.2. The van der Waals surface area contributed by atoms with Gasteiger partial charge in [-0.3, -0.25) is 0 Å². The van der Waals surface area contributed by atoms with Crippen LogP contribution in [0, 0.1) is 0 Å². The summed E-state index contributed by atoms with van der Waals surface area (Å²) in [6, 6.07) is 8.38. The summed E-state index contributed by atoms with van der Waals surface area (Å²) in [7, 11) is 0. The van der Waals surface area contributed by atoms with E-state index in [-0.39, 0.29) is 0 Å². The van der Waals surface area contributed by atoms with Crippen LogP contribution in [0.5, 0.6) is 0 Å². The molecule has 3 nitrogen and oxygen atoms in total. The molecule has 1 aromatic carbocycles. The number of aromatic nitrogens is 2. The van der Waals surface area contributed by atoms with Crippen LogP contribution in [-0.4, -0.2) is 16.3 Å². The molecule has 1 aliphatic carbocycles. The van der Waals surface area contributed by atoms with Crippen molar-refractivity contribution in [2.45, 2.75) is 18.8 Å². The fourth-order valence-electron chi connectivity index (χ4n) is 2.20. The third-order valence-corrected chi connectivity index (χ3v) is 3.92. The van der Waals surface area contributed by atoms with E-state index in [0.717, 1.165) is 15.7 Å². The molecule has 98 valence electrons. The van der Waals surface area contributed by atoms with Gasteiger partial charge in [0, 0.05) is 12.5 Å². The first-order valence-corrected chi connectivity index (χ1v) is 7.29. The maximum Gasteiger partial charge on any atom is 0.0649 e. The van der Waals surface area contributed by atoms with E-state index in [1.54, 1.807) is 0 Å². The van der Waals surface area contributed by atoms with Crippen molar-refractivity contribution in [1.82, 2.24) is 9.78 Å². The predicted octanol–water partition coefficient (Wildman–Crippen LogP) is 3.48. The van der Waals surface area contributed by atoms with Crippen molar-refractivity contribution in [3.05, 3.63) is 52.3 Å². The van der Waals surface area contributed by atoms with Crippen LogP contribution in [0.4, 0.5) is 0 Å². The molecule has 0 radical (unpaired) electrons. The molecule has 1 saturated carbocycles. The zero-order valence-electron chi connectivity index (χ0n) is 10.6. The molecule has 0 atom stereocenters. The van der Waals surface area contributed by atoms with Gasteiger partial charge in [0.15, 0.2) is 0 Å². The lowest BCUT2D eigenvalue weighted by Gasteiger charge is -2.07. The van der Waals surface area contributed by atoms with E-state index in [4.69, 9.17) is 5.73 Å². The molecule has 0 spiro atoms. The van der Waals surface area contributed by atoms with Crippen molar-refractivity contribution in [2.75, 3.05) is 6.54 Å². The second-order valence-corrected chi connectivity index (χ2v) is 5.65. The molecule has 0 saturated heterocycles. The van der Waals surface area contributed by atoms with Gasteiger partial charge in [-0.1, -0.05) is 24.3 Å². The molecule has 1 aromatic heterocycles. The van der Waals surface area contributed by atoms with E-state index < -0.39 is 0 Å². The highest BCUT2D eigenvalue weighted by molar-refractivity contribution is 9.10. The minimum absolute atomic E-state index is 0.569. The Morgan fingerprint density at radius 2 is 2.05 bits per heavy atom. The molecule has 2 aromatic rings. The van der Waals surface area contributed by atoms with Gasteiger partial charge in [-0.15, -0.1) is 0 Å². The van der Waals surface area contributed by atoms with Crippen LogP contribution in [-0.2, 0) is 0 Å². The summed E-state index contributed by atoms with van der Waals surface area (Å²) in [5.74, 6) is 0.661. The van der Waals surface area contributed by atoms with Crippen molar-refractivity contribution in [3.8, 4) is 5.69 Å². The largest absolute Gasteiger partial charge is 0.327 e. The molecule has 2 N–H and O–H groups in total. The molecule has 0 amide bonds. The molecule has 19 heavy (non-hydrogen) atoms. The summed E-state index contributed by atoms with van der Waals surface area (Å²) in [6.45, 7) is 0.569. The smallest absolute Gasteiger partial charge is 0.0649 e. The highest BCUT2D eigenvalue weighted by Gasteiger charge is 2.29. The minimum Gasteiger partial charge on any atom is -0.327 e. The molecular weight excluding hydrogens is 302 g/mol. The lowest BCUT2D eigenvalue weighted by molar-refractivity contribution is 0.806.